The highest BCUT2D eigenvalue weighted by atomic mass is 35.5. The maximum atomic E-state index is 11.0. The summed E-state index contributed by atoms with van der Waals surface area (Å²) in [5, 5.41) is 12.8. The van der Waals surface area contributed by atoms with Crippen molar-refractivity contribution in [1.82, 2.24) is 0 Å². The van der Waals surface area contributed by atoms with Crippen LogP contribution in [-0.4, -0.2) is 11.1 Å². The second kappa shape index (κ2) is 5.76. The van der Waals surface area contributed by atoms with Gasteiger partial charge >= 0.3 is 5.97 Å². The summed E-state index contributed by atoms with van der Waals surface area (Å²) in [6.07, 6.45) is 0. The Kier molecular flexibility index (Phi) is 4.07. The maximum Gasteiger partial charge on any atom is 0.310 e. The lowest BCUT2D eigenvalue weighted by Crippen LogP contribution is -2.07. The first-order valence-corrected chi connectivity index (χ1v) is 6.30. The van der Waals surface area contributed by atoms with Gasteiger partial charge in [0, 0.05) is 5.69 Å². The van der Waals surface area contributed by atoms with Crippen LogP contribution in [0.3, 0.4) is 0 Å². The first kappa shape index (κ1) is 13.4. The van der Waals surface area contributed by atoms with Crippen LogP contribution in [0.5, 0.6) is 0 Å². The molecule has 0 fully saturated rings. The quantitative estimate of drug-likeness (QED) is 0.876. The third kappa shape index (κ3) is 3.26. The van der Waals surface area contributed by atoms with E-state index in [9.17, 15) is 4.79 Å². The molecule has 0 saturated heterocycles. The van der Waals surface area contributed by atoms with Crippen LogP contribution in [0.2, 0.25) is 5.02 Å². The summed E-state index contributed by atoms with van der Waals surface area (Å²) in [5.74, 6) is -1.37. The molecule has 0 aliphatic carbocycles. The molecule has 2 aromatic rings. The predicted molar refractivity (Wildman–Crippen MR) is 77.2 cm³/mol. The number of hydrogen-bond donors (Lipinski definition) is 2. The summed E-state index contributed by atoms with van der Waals surface area (Å²) < 4.78 is 0. The largest absolute Gasteiger partial charge is 0.481 e. The number of halogens is 1. The zero-order valence-corrected chi connectivity index (χ0v) is 11.2. The van der Waals surface area contributed by atoms with Crippen molar-refractivity contribution in [3.05, 3.63) is 59.1 Å². The zero-order chi connectivity index (χ0) is 13.8. The Balaban J connectivity index is 2.25. The fraction of sp³-hybridized carbons (Fsp3) is 0.133. The maximum absolute atomic E-state index is 11.0. The van der Waals surface area contributed by atoms with Gasteiger partial charge in [-0.1, -0.05) is 35.9 Å². The summed E-state index contributed by atoms with van der Waals surface area (Å²) >= 11 is 6.07. The van der Waals surface area contributed by atoms with Gasteiger partial charge in [-0.05, 0) is 36.8 Å². The molecule has 2 aromatic carbocycles. The molecule has 0 spiro atoms. The van der Waals surface area contributed by atoms with Gasteiger partial charge < -0.3 is 10.4 Å². The van der Waals surface area contributed by atoms with Gasteiger partial charge in [0.05, 0.1) is 16.6 Å². The minimum atomic E-state index is -0.838. The van der Waals surface area contributed by atoms with E-state index in [4.69, 9.17) is 16.7 Å². The minimum Gasteiger partial charge on any atom is -0.481 e. The lowest BCUT2D eigenvalue weighted by molar-refractivity contribution is -0.138. The van der Waals surface area contributed by atoms with E-state index >= 15 is 0 Å². The first-order chi connectivity index (χ1) is 9.08. The minimum absolute atomic E-state index is 0.534. The second-order valence-electron chi connectivity index (χ2n) is 4.29. The molecule has 1 atom stereocenters. The van der Waals surface area contributed by atoms with Crippen LogP contribution in [0.1, 0.15) is 18.4 Å². The van der Waals surface area contributed by atoms with Crippen molar-refractivity contribution in [3.63, 3.8) is 0 Å². The van der Waals surface area contributed by atoms with Crippen molar-refractivity contribution < 1.29 is 9.90 Å². The first-order valence-electron chi connectivity index (χ1n) is 5.92. The average Bonchev–Trinajstić information content (AvgIpc) is 2.41. The fourth-order valence-corrected chi connectivity index (χ4v) is 1.93. The second-order valence-corrected chi connectivity index (χ2v) is 4.70. The molecular formula is C15H14ClNO2. The normalized spacial score (nSPS) is 11.9. The van der Waals surface area contributed by atoms with Crippen LogP contribution < -0.4 is 5.32 Å². The molecule has 0 heterocycles. The number of rotatable bonds is 4. The Morgan fingerprint density at radius 3 is 2.63 bits per heavy atom. The number of aliphatic carboxylic acids is 1. The van der Waals surface area contributed by atoms with E-state index in [1.54, 1.807) is 19.1 Å². The average molecular weight is 276 g/mol. The van der Waals surface area contributed by atoms with Crippen molar-refractivity contribution in [1.29, 1.82) is 0 Å². The van der Waals surface area contributed by atoms with E-state index in [-0.39, 0.29) is 0 Å². The molecular weight excluding hydrogens is 262 g/mol. The summed E-state index contributed by atoms with van der Waals surface area (Å²) in [6, 6.07) is 14.7. The molecule has 2 rings (SSSR count). The summed E-state index contributed by atoms with van der Waals surface area (Å²) in [6.45, 7) is 1.66. The smallest absolute Gasteiger partial charge is 0.310 e. The van der Waals surface area contributed by atoms with Crippen molar-refractivity contribution in [2.45, 2.75) is 12.8 Å². The van der Waals surface area contributed by atoms with E-state index in [0.717, 1.165) is 16.9 Å². The van der Waals surface area contributed by atoms with E-state index in [1.807, 2.05) is 36.4 Å². The fourth-order valence-electron chi connectivity index (χ4n) is 1.75. The molecule has 0 aliphatic heterocycles. The topological polar surface area (TPSA) is 49.3 Å². The number of carboxylic acid groups (broad SMARTS) is 1. The third-order valence-corrected chi connectivity index (χ3v) is 3.24. The predicted octanol–water partition coefficient (Wildman–Crippen LogP) is 4.27. The number of carboxylic acids is 1. The van der Waals surface area contributed by atoms with Gasteiger partial charge in [0.25, 0.3) is 0 Å². The van der Waals surface area contributed by atoms with Crippen LogP contribution in [-0.2, 0) is 4.79 Å². The molecule has 4 heteroatoms. The molecule has 98 valence electrons. The lowest BCUT2D eigenvalue weighted by atomic mass is 10.0. The Morgan fingerprint density at radius 1 is 1.21 bits per heavy atom. The van der Waals surface area contributed by atoms with Crippen LogP contribution in [0.15, 0.2) is 48.5 Å². The number of carbonyl (C=O) groups is 1. The number of benzene rings is 2. The zero-order valence-electron chi connectivity index (χ0n) is 10.4. The van der Waals surface area contributed by atoms with Crippen molar-refractivity contribution in [2.75, 3.05) is 5.32 Å². The number of hydrogen-bond acceptors (Lipinski definition) is 2. The standard InChI is InChI=1S/C15H14ClNO2/c1-10(15(18)19)11-5-4-6-12(9-11)17-14-8-3-2-7-13(14)16/h2-10,17H,1H3,(H,18,19). The number of para-hydroxylation sites is 1. The van der Waals surface area contributed by atoms with Crippen LogP contribution in [0.25, 0.3) is 0 Å². The molecule has 0 amide bonds. The summed E-state index contributed by atoms with van der Waals surface area (Å²) in [5.41, 5.74) is 2.37. The number of anilines is 2. The molecule has 0 aliphatic rings. The number of nitrogens with one attached hydrogen (secondary N) is 1. The molecule has 0 bridgehead atoms. The SMILES string of the molecule is CC(C(=O)O)c1cccc(Nc2ccccc2Cl)c1. The highest BCUT2D eigenvalue weighted by Crippen LogP contribution is 2.26. The Hall–Kier alpha value is -2.00. The third-order valence-electron chi connectivity index (χ3n) is 2.91. The van der Waals surface area contributed by atoms with E-state index in [1.165, 1.54) is 0 Å². The highest BCUT2D eigenvalue weighted by Gasteiger charge is 2.13. The molecule has 0 aromatic heterocycles. The van der Waals surface area contributed by atoms with E-state index in [2.05, 4.69) is 5.32 Å². The molecule has 1 unspecified atom stereocenters. The molecule has 19 heavy (non-hydrogen) atoms. The molecule has 3 nitrogen and oxygen atoms in total. The van der Waals surface area contributed by atoms with Gasteiger partial charge in [-0.25, -0.2) is 0 Å². The van der Waals surface area contributed by atoms with E-state index in [0.29, 0.717) is 5.02 Å². The molecule has 2 N–H and O–H groups in total. The Labute approximate surface area is 116 Å². The Bertz CT molecular complexity index is 598. The van der Waals surface area contributed by atoms with Gasteiger partial charge in [0.15, 0.2) is 0 Å². The van der Waals surface area contributed by atoms with Gasteiger partial charge in [-0.3, -0.25) is 4.79 Å². The monoisotopic (exact) mass is 275 g/mol. The van der Waals surface area contributed by atoms with Gasteiger partial charge in [-0.2, -0.15) is 0 Å². The van der Waals surface area contributed by atoms with Crippen molar-refractivity contribution >= 4 is 28.9 Å². The van der Waals surface area contributed by atoms with E-state index < -0.39 is 11.9 Å². The van der Waals surface area contributed by atoms with Crippen LogP contribution >= 0.6 is 11.6 Å². The van der Waals surface area contributed by atoms with Crippen LogP contribution in [0, 0.1) is 0 Å². The lowest BCUT2D eigenvalue weighted by Gasteiger charge is -2.11. The molecule has 0 saturated carbocycles. The Morgan fingerprint density at radius 2 is 1.95 bits per heavy atom. The highest BCUT2D eigenvalue weighted by molar-refractivity contribution is 6.33. The van der Waals surface area contributed by atoms with Crippen molar-refractivity contribution in [2.24, 2.45) is 0 Å². The van der Waals surface area contributed by atoms with Gasteiger partial charge in [-0.15, -0.1) is 0 Å². The van der Waals surface area contributed by atoms with Gasteiger partial charge in [0.2, 0.25) is 0 Å². The van der Waals surface area contributed by atoms with Gasteiger partial charge in [0.1, 0.15) is 0 Å². The summed E-state index contributed by atoms with van der Waals surface area (Å²) in [4.78, 5) is 11.0. The van der Waals surface area contributed by atoms with Crippen LogP contribution in [0.4, 0.5) is 11.4 Å². The molecule has 0 radical (unpaired) electrons. The summed E-state index contributed by atoms with van der Waals surface area (Å²) in [7, 11) is 0. The van der Waals surface area contributed by atoms with Crippen molar-refractivity contribution in [3.8, 4) is 0 Å².